The first kappa shape index (κ1) is 22.9. The summed E-state index contributed by atoms with van der Waals surface area (Å²) < 4.78 is 6.92. The van der Waals surface area contributed by atoms with Crippen molar-refractivity contribution in [2.24, 2.45) is 0 Å². The number of hydrogen-bond donors (Lipinski definition) is 1. The maximum absolute atomic E-state index is 13.5. The van der Waals surface area contributed by atoms with E-state index in [-0.39, 0.29) is 29.9 Å². The average Bonchev–Trinajstić information content (AvgIpc) is 3.28. The van der Waals surface area contributed by atoms with E-state index in [1.54, 1.807) is 6.07 Å². The number of carbonyl (C=O) groups is 1. The largest absolute Gasteiger partial charge is 0.352 e. The molecule has 1 aromatic carbocycles. The molecule has 33 heavy (non-hydrogen) atoms. The first-order chi connectivity index (χ1) is 16.0. The Morgan fingerprint density at radius 2 is 1.85 bits per heavy atom. The van der Waals surface area contributed by atoms with Crippen molar-refractivity contribution in [3.8, 4) is 22.6 Å². The fourth-order valence-electron chi connectivity index (χ4n) is 4.18. The van der Waals surface area contributed by atoms with Gasteiger partial charge in [0.1, 0.15) is 6.54 Å². The number of nitrogens with zero attached hydrogens (tertiary/aromatic N) is 4. The maximum atomic E-state index is 13.5. The fraction of sp³-hybridized carbons (Fsp3) is 0.440. The number of pyridine rings is 1. The van der Waals surface area contributed by atoms with E-state index in [1.807, 2.05) is 50.2 Å². The Kier molecular flexibility index (Phi) is 7.34. The van der Waals surface area contributed by atoms with Crippen LogP contribution >= 0.6 is 0 Å². The highest BCUT2D eigenvalue weighted by Gasteiger charge is 2.19. The molecule has 0 unspecified atom stereocenters. The van der Waals surface area contributed by atoms with Crippen LogP contribution in [0.25, 0.3) is 22.6 Å². The van der Waals surface area contributed by atoms with Crippen LogP contribution < -0.4 is 10.9 Å². The lowest BCUT2D eigenvalue weighted by molar-refractivity contribution is -0.122. The van der Waals surface area contributed by atoms with E-state index < -0.39 is 0 Å². The zero-order chi connectivity index (χ0) is 23.2. The van der Waals surface area contributed by atoms with Gasteiger partial charge in [-0.15, -0.1) is 0 Å². The van der Waals surface area contributed by atoms with Crippen LogP contribution in [0.4, 0.5) is 0 Å². The molecule has 1 fully saturated rings. The van der Waals surface area contributed by atoms with Crippen molar-refractivity contribution < 1.29 is 9.32 Å². The number of aromatic nitrogens is 3. The molecular formula is C25H31N5O3. The number of likely N-dealkylation sites (tertiary alicyclic amines) is 1. The molecule has 2 aromatic heterocycles. The number of amides is 1. The number of nitrogens with one attached hydrogen (secondary N) is 1. The summed E-state index contributed by atoms with van der Waals surface area (Å²) in [6.45, 7) is 6.76. The van der Waals surface area contributed by atoms with Crippen LogP contribution in [-0.4, -0.2) is 51.2 Å². The van der Waals surface area contributed by atoms with E-state index in [2.05, 4.69) is 20.4 Å². The topological polar surface area (TPSA) is 93.3 Å². The summed E-state index contributed by atoms with van der Waals surface area (Å²) in [5.74, 6) is 0.550. The van der Waals surface area contributed by atoms with Gasteiger partial charge in [0.15, 0.2) is 0 Å². The normalized spacial score (nSPS) is 14.5. The zero-order valence-electron chi connectivity index (χ0n) is 19.3. The second-order valence-corrected chi connectivity index (χ2v) is 8.78. The van der Waals surface area contributed by atoms with E-state index in [9.17, 15) is 9.59 Å². The predicted molar refractivity (Wildman–Crippen MR) is 127 cm³/mol. The molecule has 3 aromatic rings. The number of hydrogen-bond acceptors (Lipinski definition) is 6. The summed E-state index contributed by atoms with van der Waals surface area (Å²) in [6, 6.07) is 13.1. The van der Waals surface area contributed by atoms with Gasteiger partial charge in [-0.05, 0) is 57.5 Å². The Morgan fingerprint density at radius 3 is 2.58 bits per heavy atom. The molecule has 0 bridgehead atoms. The van der Waals surface area contributed by atoms with E-state index in [1.165, 1.54) is 23.8 Å². The van der Waals surface area contributed by atoms with Gasteiger partial charge in [-0.25, -0.2) is 0 Å². The Hall–Kier alpha value is -3.26. The Bertz CT molecular complexity index is 1130. The van der Waals surface area contributed by atoms with Crippen LogP contribution in [0, 0.1) is 0 Å². The van der Waals surface area contributed by atoms with Crippen molar-refractivity contribution in [3.05, 3.63) is 58.7 Å². The third-order valence-corrected chi connectivity index (χ3v) is 5.79. The molecule has 174 valence electrons. The minimum Gasteiger partial charge on any atom is -0.352 e. The minimum absolute atomic E-state index is 0.0174. The lowest BCUT2D eigenvalue weighted by Crippen LogP contribution is -2.36. The highest BCUT2D eigenvalue weighted by Crippen LogP contribution is 2.21. The summed E-state index contributed by atoms with van der Waals surface area (Å²) in [7, 11) is 0. The predicted octanol–water partition coefficient (Wildman–Crippen LogP) is 3.12. The molecule has 1 saturated heterocycles. The van der Waals surface area contributed by atoms with Crippen molar-refractivity contribution >= 4 is 5.91 Å². The first-order valence-corrected chi connectivity index (χ1v) is 11.6. The van der Waals surface area contributed by atoms with Crippen LogP contribution in [0.2, 0.25) is 0 Å². The lowest BCUT2D eigenvalue weighted by atomic mass is 10.1. The van der Waals surface area contributed by atoms with Gasteiger partial charge < -0.3 is 14.7 Å². The van der Waals surface area contributed by atoms with Gasteiger partial charge in [0.25, 0.3) is 5.56 Å². The second kappa shape index (κ2) is 10.6. The summed E-state index contributed by atoms with van der Waals surface area (Å²) in [6.07, 6.45) is 4.40. The van der Waals surface area contributed by atoms with E-state index in [0.29, 0.717) is 23.6 Å². The van der Waals surface area contributed by atoms with E-state index >= 15 is 0 Å². The summed E-state index contributed by atoms with van der Waals surface area (Å²) in [4.78, 5) is 32.9. The van der Waals surface area contributed by atoms with E-state index in [4.69, 9.17) is 4.52 Å². The number of benzene rings is 1. The Morgan fingerprint density at radius 1 is 1.09 bits per heavy atom. The van der Waals surface area contributed by atoms with Crippen LogP contribution in [0.3, 0.4) is 0 Å². The monoisotopic (exact) mass is 449 g/mol. The second-order valence-electron chi connectivity index (χ2n) is 8.78. The minimum atomic E-state index is -0.321. The highest BCUT2D eigenvalue weighted by molar-refractivity contribution is 5.77. The molecule has 4 rings (SSSR count). The maximum Gasteiger partial charge on any atom is 0.262 e. The van der Waals surface area contributed by atoms with Crippen molar-refractivity contribution in [1.29, 1.82) is 0 Å². The van der Waals surface area contributed by atoms with Crippen LogP contribution in [0.1, 0.15) is 39.0 Å². The molecule has 3 heterocycles. The molecule has 1 aliphatic heterocycles. The third kappa shape index (κ3) is 5.76. The standard InChI is InChI=1S/C25H31N5O3/c1-18(2)26-22(31)17-30-21(19-9-5-3-6-10-19)12-11-20(25(30)32)24-27-23(33-28-24)13-16-29-14-7-4-8-15-29/h3,5-6,9-12,18H,4,7-8,13-17H2,1-2H3,(H,26,31). The van der Waals surface area contributed by atoms with Crippen molar-refractivity contribution in [2.75, 3.05) is 19.6 Å². The van der Waals surface area contributed by atoms with Gasteiger partial charge in [-0.2, -0.15) is 4.98 Å². The van der Waals surface area contributed by atoms with E-state index in [0.717, 1.165) is 25.2 Å². The van der Waals surface area contributed by atoms with Gasteiger partial charge in [0, 0.05) is 19.0 Å². The van der Waals surface area contributed by atoms with Crippen LogP contribution in [-0.2, 0) is 17.8 Å². The molecule has 0 atom stereocenters. The van der Waals surface area contributed by atoms with Gasteiger partial charge in [0.2, 0.25) is 17.6 Å². The van der Waals surface area contributed by atoms with Gasteiger partial charge in [0.05, 0.1) is 11.3 Å². The quantitative estimate of drug-likeness (QED) is 0.568. The number of piperidine rings is 1. The fourth-order valence-corrected chi connectivity index (χ4v) is 4.18. The molecule has 8 nitrogen and oxygen atoms in total. The molecule has 8 heteroatoms. The molecule has 0 saturated carbocycles. The SMILES string of the molecule is CC(C)NC(=O)Cn1c(-c2ccccc2)ccc(-c2noc(CCN3CCCCC3)n2)c1=O. The van der Waals surface area contributed by atoms with Gasteiger partial charge in [-0.3, -0.25) is 14.2 Å². The van der Waals surface area contributed by atoms with Crippen LogP contribution in [0.15, 0.2) is 51.8 Å². The molecule has 0 spiro atoms. The Balaban J connectivity index is 1.61. The number of rotatable bonds is 8. The molecule has 1 N–H and O–H groups in total. The van der Waals surface area contributed by atoms with Crippen molar-refractivity contribution in [3.63, 3.8) is 0 Å². The molecular weight excluding hydrogens is 418 g/mol. The van der Waals surface area contributed by atoms with Crippen molar-refractivity contribution in [2.45, 2.75) is 52.1 Å². The molecule has 0 radical (unpaired) electrons. The molecule has 1 aliphatic rings. The summed E-state index contributed by atoms with van der Waals surface area (Å²) >= 11 is 0. The summed E-state index contributed by atoms with van der Waals surface area (Å²) in [5.41, 5.74) is 1.52. The first-order valence-electron chi connectivity index (χ1n) is 11.6. The Labute approximate surface area is 193 Å². The highest BCUT2D eigenvalue weighted by atomic mass is 16.5. The summed E-state index contributed by atoms with van der Waals surface area (Å²) in [5, 5.41) is 6.92. The molecule has 1 amide bonds. The van der Waals surface area contributed by atoms with Crippen molar-refractivity contribution in [1.82, 2.24) is 24.9 Å². The zero-order valence-corrected chi connectivity index (χ0v) is 19.3. The smallest absolute Gasteiger partial charge is 0.262 e. The average molecular weight is 450 g/mol. The molecule has 0 aliphatic carbocycles. The lowest BCUT2D eigenvalue weighted by Gasteiger charge is -2.25. The van der Waals surface area contributed by atoms with Crippen LogP contribution in [0.5, 0.6) is 0 Å². The third-order valence-electron chi connectivity index (χ3n) is 5.79. The van der Waals surface area contributed by atoms with Gasteiger partial charge >= 0.3 is 0 Å². The van der Waals surface area contributed by atoms with Gasteiger partial charge in [-0.1, -0.05) is 41.9 Å². The number of carbonyl (C=O) groups excluding carboxylic acids is 1.